The summed E-state index contributed by atoms with van der Waals surface area (Å²) in [5.74, 6) is 0. The molecule has 0 amide bonds. The minimum atomic E-state index is -1.87. The first-order valence-electron chi connectivity index (χ1n) is 37.3. The highest BCUT2D eigenvalue weighted by Crippen LogP contribution is 2.42. The molecular weight excluding hydrogens is 1370 g/mol. The molecule has 5 aromatic heterocycles. The number of para-hydroxylation sites is 2. The second kappa shape index (κ2) is 30.2. The van der Waals surface area contributed by atoms with E-state index in [2.05, 4.69) is 381 Å². The molecule has 0 N–H and O–H groups in total. The van der Waals surface area contributed by atoms with E-state index in [0.29, 0.717) is 0 Å². The molecule has 0 saturated carbocycles. The van der Waals surface area contributed by atoms with E-state index in [9.17, 15) is 0 Å². The van der Waals surface area contributed by atoms with Gasteiger partial charge in [0.1, 0.15) is 41.6 Å². The SMILES string of the molecule is C.C.C.C.Cc1ccc2c(c1)-c1cc([Si](C)(C)c3ccc4oc5ccc(C)cc5c4c3)ccc1C2.Cc1ccc2c(c1)c1ccccc1n2-c1ccc2oc3ccc(-c4ccc5oc6ccc(-n7c8ccccc8c8cc(C)ccc87)cc6c5c4)cc3c2c1.Cc1cccc(-c2cccc(C)c2)c1.Cc1cccc(C)c1. The number of aryl methyl sites for hydroxylation is 8. The van der Waals surface area contributed by atoms with Gasteiger partial charge in [-0.05, 0) is 222 Å². The van der Waals surface area contributed by atoms with Gasteiger partial charge in [-0.2, -0.15) is 0 Å². The molecule has 550 valence electrons. The molecule has 1 aliphatic rings. The van der Waals surface area contributed by atoms with E-state index in [1.807, 2.05) is 0 Å². The van der Waals surface area contributed by atoms with Gasteiger partial charge in [0.05, 0.1) is 22.1 Å². The molecule has 20 aromatic rings. The predicted octanol–water partition coefficient (Wildman–Crippen LogP) is 29.4. The van der Waals surface area contributed by atoms with Crippen molar-refractivity contribution in [2.75, 3.05) is 0 Å². The Labute approximate surface area is 654 Å². The molecule has 15 aromatic carbocycles. The summed E-state index contributed by atoms with van der Waals surface area (Å²) >= 11 is 0. The lowest BCUT2D eigenvalue weighted by Gasteiger charge is -2.24. The van der Waals surface area contributed by atoms with Crippen molar-refractivity contribution in [3.05, 3.63) is 359 Å². The van der Waals surface area contributed by atoms with Gasteiger partial charge in [0.25, 0.3) is 0 Å². The summed E-state index contributed by atoms with van der Waals surface area (Å²) in [4.78, 5) is 0. The van der Waals surface area contributed by atoms with Gasteiger partial charge >= 0.3 is 0 Å². The number of aromatic nitrogens is 2. The van der Waals surface area contributed by atoms with Crippen molar-refractivity contribution in [2.45, 2.75) is 105 Å². The first kappa shape index (κ1) is 75.3. The lowest BCUT2D eigenvalue weighted by molar-refractivity contribution is 0.668. The van der Waals surface area contributed by atoms with Crippen LogP contribution in [0, 0.1) is 55.4 Å². The summed E-state index contributed by atoms with van der Waals surface area (Å²) in [6.07, 6.45) is 1.06. The average molecular weight is 1460 g/mol. The molecule has 6 heteroatoms. The van der Waals surface area contributed by atoms with Crippen LogP contribution < -0.4 is 10.4 Å². The van der Waals surface area contributed by atoms with Gasteiger partial charge < -0.3 is 22.4 Å². The van der Waals surface area contributed by atoms with Crippen molar-refractivity contribution in [2.24, 2.45) is 0 Å². The van der Waals surface area contributed by atoms with Crippen molar-refractivity contribution >= 4 is 128 Å². The van der Waals surface area contributed by atoms with Crippen LogP contribution in [0.1, 0.15) is 85.3 Å². The fourth-order valence-electron chi connectivity index (χ4n) is 16.5. The topological polar surface area (TPSA) is 49.3 Å². The summed E-state index contributed by atoms with van der Waals surface area (Å²) in [6, 6.07) is 110. The number of furan rings is 3. The maximum absolute atomic E-state index is 6.41. The Bertz CT molecular complexity index is 6650. The minimum Gasteiger partial charge on any atom is -0.456 e. The molecular formula is C105H98N2O3Si. The Morgan fingerprint density at radius 1 is 0.234 bits per heavy atom. The summed E-state index contributed by atoms with van der Waals surface area (Å²) in [5, 5.41) is 14.9. The Morgan fingerprint density at radius 3 is 1.04 bits per heavy atom. The lowest BCUT2D eigenvalue weighted by atomic mass is 10.0. The zero-order chi connectivity index (χ0) is 72.9. The van der Waals surface area contributed by atoms with Crippen molar-refractivity contribution in [1.29, 1.82) is 0 Å². The van der Waals surface area contributed by atoms with Gasteiger partial charge in [-0.1, -0.05) is 286 Å². The highest BCUT2D eigenvalue weighted by atomic mass is 28.3. The van der Waals surface area contributed by atoms with Gasteiger partial charge in [0.2, 0.25) is 0 Å². The van der Waals surface area contributed by atoms with Crippen LogP contribution in [0.2, 0.25) is 13.1 Å². The van der Waals surface area contributed by atoms with Gasteiger partial charge in [-0.25, -0.2) is 0 Å². The van der Waals surface area contributed by atoms with Crippen LogP contribution in [-0.2, 0) is 6.42 Å². The molecule has 0 spiro atoms. The van der Waals surface area contributed by atoms with E-state index in [0.717, 1.165) is 84.0 Å². The van der Waals surface area contributed by atoms with Crippen LogP contribution >= 0.6 is 0 Å². The summed E-state index contributed by atoms with van der Waals surface area (Å²) in [5.41, 5.74) is 33.6. The second-order valence-corrected chi connectivity index (χ2v) is 34.7. The van der Waals surface area contributed by atoms with Crippen LogP contribution in [0.5, 0.6) is 0 Å². The summed E-state index contributed by atoms with van der Waals surface area (Å²) in [6.45, 7) is 22.0. The standard InChI is InChI=1S/C50H32N2O2.C29H26OSi.C14H14.C8H10.4CH4/c1-29-11-17-45-37(23-29)35-7-3-5-9-43(35)51(45)33-15-21-49-41(27-33)39-25-31(13-19-47(39)53-49)32-14-20-48-40(26-32)42-28-34(16-22-50(42)54-48)52-44-10-6-4-8-36(44)38-24-30(2)12-18-46(38)52;1-18-5-7-20-15-21-8-9-22(16-25(21)24(20)13-18)31(3,4)23-10-12-29-27(17-23)26-14-19(2)6-11-28(26)30-29;1-11-5-3-7-13(9-11)14-8-4-6-12(2)10-14;1-7-4-3-5-8(2)6-7;;;;/h3-28H,1-2H3;5-14,16-17H,15H2,1-4H3;3-10H,1-2H3;3-6H,1-2H3;4*1H4. The monoisotopic (exact) mass is 1460 g/mol. The molecule has 5 nitrogen and oxygen atoms in total. The van der Waals surface area contributed by atoms with Crippen LogP contribution in [0.25, 0.3) is 154 Å². The van der Waals surface area contributed by atoms with E-state index < -0.39 is 8.07 Å². The maximum atomic E-state index is 6.41. The van der Waals surface area contributed by atoms with Crippen molar-refractivity contribution in [1.82, 2.24) is 9.13 Å². The number of benzene rings is 15. The molecule has 0 atom stereocenters. The highest BCUT2D eigenvalue weighted by molar-refractivity contribution is 7.00. The molecule has 0 aliphatic heterocycles. The molecule has 0 radical (unpaired) electrons. The van der Waals surface area contributed by atoms with Gasteiger partial charge in [0, 0.05) is 65.2 Å². The molecule has 0 fully saturated rings. The van der Waals surface area contributed by atoms with Gasteiger partial charge in [0.15, 0.2) is 0 Å². The average Bonchev–Trinajstić information content (AvgIpc) is 1.60. The Balaban J connectivity index is 0.000000151. The van der Waals surface area contributed by atoms with E-state index >= 15 is 0 Å². The highest BCUT2D eigenvalue weighted by Gasteiger charge is 2.30. The largest absolute Gasteiger partial charge is 0.456 e. The van der Waals surface area contributed by atoms with Crippen LogP contribution in [-0.4, -0.2) is 17.2 Å². The smallest absolute Gasteiger partial charge is 0.135 e. The Hall–Kier alpha value is -12.5. The minimum absolute atomic E-state index is 0. The molecule has 0 saturated heterocycles. The summed E-state index contributed by atoms with van der Waals surface area (Å²) < 4.78 is 23.7. The second-order valence-electron chi connectivity index (χ2n) is 30.3. The zero-order valence-corrected chi connectivity index (χ0v) is 63.2. The Morgan fingerprint density at radius 2 is 0.559 bits per heavy atom. The predicted molar refractivity (Wildman–Crippen MR) is 483 cm³/mol. The van der Waals surface area contributed by atoms with Crippen LogP contribution in [0.4, 0.5) is 0 Å². The third-order valence-corrected chi connectivity index (χ3v) is 25.6. The third kappa shape index (κ3) is 13.8. The van der Waals surface area contributed by atoms with Gasteiger partial charge in [-0.15, -0.1) is 0 Å². The van der Waals surface area contributed by atoms with Crippen molar-refractivity contribution in [3.8, 4) is 44.8 Å². The fourth-order valence-corrected chi connectivity index (χ4v) is 18.8. The molecule has 0 unspecified atom stereocenters. The first-order chi connectivity index (χ1) is 52.0. The number of hydrogen-bond donors (Lipinski definition) is 0. The molecule has 0 bridgehead atoms. The van der Waals surface area contributed by atoms with Gasteiger partial charge in [-0.3, -0.25) is 0 Å². The number of hydrogen-bond acceptors (Lipinski definition) is 3. The van der Waals surface area contributed by atoms with Crippen LogP contribution in [0.15, 0.2) is 317 Å². The van der Waals surface area contributed by atoms with E-state index in [1.165, 1.54) is 143 Å². The van der Waals surface area contributed by atoms with Crippen molar-refractivity contribution in [3.63, 3.8) is 0 Å². The zero-order valence-electron chi connectivity index (χ0n) is 62.2. The van der Waals surface area contributed by atoms with E-state index in [-0.39, 0.29) is 29.7 Å². The number of fused-ring (bicyclic) bond motifs is 18. The summed E-state index contributed by atoms with van der Waals surface area (Å²) in [7, 11) is -1.87. The number of rotatable bonds is 6. The molecule has 21 rings (SSSR count). The number of nitrogens with zero attached hydrogens (tertiary/aromatic N) is 2. The normalized spacial score (nSPS) is 11.5. The quantitative estimate of drug-likeness (QED) is 0.156. The molecule has 1 aliphatic carbocycles. The Kier molecular flexibility index (Phi) is 20.5. The van der Waals surface area contributed by atoms with E-state index in [1.54, 1.807) is 0 Å². The lowest BCUT2D eigenvalue weighted by Crippen LogP contribution is -2.52. The maximum Gasteiger partial charge on any atom is 0.135 e. The third-order valence-electron chi connectivity index (χ3n) is 22.1. The first-order valence-corrected chi connectivity index (χ1v) is 40.3. The molecule has 111 heavy (non-hydrogen) atoms. The van der Waals surface area contributed by atoms with Crippen LogP contribution in [0.3, 0.4) is 0 Å². The van der Waals surface area contributed by atoms with Crippen molar-refractivity contribution < 1.29 is 13.3 Å². The fraction of sp³-hybridized carbons (Fsp3) is 0.143. The van der Waals surface area contributed by atoms with E-state index in [4.69, 9.17) is 13.3 Å². The molecule has 5 heterocycles.